The van der Waals surface area contributed by atoms with Crippen molar-refractivity contribution in [1.82, 2.24) is 10.2 Å². The number of carbonyl (C=O) groups is 2. The van der Waals surface area contributed by atoms with Crippen LogP contribution >= 0.6 is 11.6 Å². The second-order valence-electron chi connectivity index (χ2n) is 5.50. The molecule has 1 aromatic carbocycles. The summed E-state index contributed by atoms with van der Waals surface area (Å²) in [4.78, 5) is 25.9. The SMILES string of the molecule is C[C@]1(c2ccc(Cl)cc2)NC(=O)N(C[C@@H](C#N)CCC#N)C1=O. The zero-order valence-electron chi connectivity index (χ0n) is 12.5. The molecule has 1 saturated heterocycles. The van der Waals surface area contributed by atoms with Gasteiger partial charge in [-0.1, -0.05) is 23.7 Å². The highest BCUT2D eigenvalue weighted by Crippen LogP contribution is 2.30. The summed E-state index contributed by atoms with van der Waals surface area (Å²) in [6, 6.07) is 10.1. The third-order valence-corrected chi connectivity index (χ3v) is 4.14. The molecule has 0 spiro atoms. The highest BCUT2D eigenvalue weighted by molar-refractivity contribution is 6.30. The van der Waals surface area contributed by atoms with E-state index in [1.807, 2.05) is 12.1 Å². The lowest BCUT2D eigenvalue weighted by Gasteiger charge is -2.22. The third kappa shape index (κ3) is 3.28. The summed E-state index contributed by atoms with van der Waals surface area (Å²) in [6.45, 7) is 1.60. The first-order chi connectivity index (χ1) is 10.9. The van der Waals surface area contributed by atoms with Gasteiger partial charge in [0.25, 0.3) is 5.91 Å². The van der Waals surface area contributed by atoms with E-state index in [4.69, 9.17) is 22.1 Å². The highest BCUT2D eigenvalue weighted by Gasteiger charge is 2.49. The lowest BCUT2D eigenvalue weighted by Crippen LogP contribution is -2.41. The number of hydrogen-bond donors (Lipinski definition) is 1. The van der Waals surface area contributed by atoms with Gasteiger partial charge in [-0.3, -0.25) is 9.69 Å². The van der Waals surface area contributed by atoms with E-state index in [9.17, 15) is 9.59 Å². The Balaban J connectivity index is 2.21. The van der Waals surface area contributed by atoms with Crippen molar-refractivity contribution >= 4 is 23.5 Å². The fourth-order valence-corrected chi connectivity index (χ4v) is 2.62. The van der Waals surface area contributed by atoms with E-state index in [2.05, 4.69) is 5.32 Å². The number of urea groups is 1. The van der Waals surface area contributed by atoms with Gasteiger partial charge >= 0.3 is 6.03 Å². The second-order valence-corrected chi connectivity index (χ2v) is 5.94. The van der Waals surface area contributed by atoms with Crippen LogP contribution in [0, 0.1) is 28.6 Å². The molecule has 118 valence electrons. The fourth-order valence-electron chi connectivity index (χ4n) is 2.50. The molecule has 0 saturated carbocycles. The predicted octanol–water partition coefficient (Wildman–Crippen LogP) is 2.55. The van der Waals surface area contributed by atoms with Gasteiger partial charge in [-0.15, -0.1) is 0 Å². The van der Waals surface area contributed by atoms with Crippen LogP contribution in [-0.2, 0) is 10.3 Å². The molecule has 23 heavy (non-hydrogen) atoms. The average molecular weight is 331 g/mol. The summed E-state index contributed by atoms with van der Waals surface area (Å²) >= 11 is 5.85. The molecule has 1 fully saturated rings. The van der Waals surface area contributed by atoms with E-state index >= 15 is 0 Å². The first-order valence-electron chi connectivity index (χ1n) is 7.09. The van der Waals surface area contributed by atoms with Crippen molar-refractivity contribution in [2.75, 3.05) is 6.54 Å². The molecule has 2 atom stereocenters. The summed E-state index contributed by atoms with van der Waals surface area (Å²) in [6.07, 6.45) is 0.526. The van der Waals surface area contributed by atoms with Gasteiger partial charge in [-0.2, -0.15) is 10.5 Å². The van der Waals surface area contributed by atoms with Crippen LogP contribution in [0.4, 0.5) is 4.79 Å². The number of amides is 3. The highest BCUT2D eigenvalue weighted by atomic mass is 35.5. The van der Waals surface area contributed by atoms with Gasteiger partial charge in [0, 0.05) is 18.0 Å². The van der Waals surface area contributed by atoms with Crippen molar-refractivity contribution in [3.05, 3.63) is 34.9 Å². The summed E-state index contributed by atoms with van der Waals surface area (Å²) in [7, 11) is 0. The lowest BCUT2D eigenvalue weighted by molar-refractivity contribution is -0.131. The van der Waals surface area contributed by atoms with E-state index in [-0.39, 0.29) is 13.0 Å². The molecule has 1 heterocycles. The molecule has 1 aromatic rings. The normalized spacial score (nSPS) is 21.5. The van der Waals surface area contributed by atoms with Crippen LogP contribution in [0.5, 0.6) is 0 Å². The van der Waals surface area contributed by atoms with Crippen LogP contribution in [-0.4, -0.2) is 23.4 Å². The minimum Gasteiger partial charge on any atom is -0.319 e. The third-order valence-electron chi connectivity index (χ3n) is 3.89. The van der Waals surface area contributed by atoms with Crippen molar-refractivity contribution in [1.29, 1.82) is 10.5 Å². The maximum Gasteiger partial charge on any atom is 0.325 e. The monoisotopic (exact) mass is 330 g/mol. The van der Waals surface area contributed by atoms with Crippen molar-refractivity contribution in [3.63, 3.8) is 0 Å². The van der Waals surface area contributed by atoms with Crippen molar-refractivity contribution in [2.45, 2.75) is 25.3 Å². The first-order valence-corrected chi connectivity index (χ1v) is 7.47. The lowest BCUT2D eigenvalue weighted by atomic mass is 9.92. The Morgan fingerprint density at radius 2 is 1.96 bits per heavy atom. The van der Waals surface area contributed by atoms with Crippen LogP contribution in [0.3, 0.4) is 0 Å². The minimum atomic E-state index is -1.18. The Morgan fingerprint density at radius 3 is 2.52 bits per heavy atom. The smallest absolute Gasteiger partial charge is 0.319 e. The molecule has 1 aliphatic rings. The van der Waals surface area contributed by atoms with E-state index in [0.29, 0.717) is 17.0 Å². The van der Waals surface area contributed by atoms with Crippen LogP contribution in [0.1, 0.15) is 25.3 Å². The van der Waals surface area contributed by atoms with Crippen molar-refractivity contribution in [2.24, 2.45) is 5.92 Å². The van der Waals surface area contributed by atoms with Crippen LogP contribution in [0.2, 0.25) is 5.02 Å². The Hall–Kier alpha value is -2.57. The van der Waals surface area contributed by atoms with E-state index in [1.165, 1.54) is 0 Å². The summed E-state index contributed by atoms with van der Waals surface area (Å²) in [5.74, 6) is -0.973. The van der Waals surface area contributed by atoms with Crippen molar-refractivity contribution < 1.29 is 9.59 Å². The minimum absolute atomic E-state index is 0.0218. The number of halogens is 1. The van der Waals surface area contributed by atoms with Crippen LogP contribution in [0.15, 0.2) is 24.3 Å². The Kier molecular flexibility index (Phi) is 4.88. The van der Waals surface area contributed by atoms with Crippen LogP contribution < -0.4 is 5.32 Å². The molecule has 0 unspecified atom stereocenters. The molecule has 0 radical (unpaired) electrons. The number of hydrogen-bond acceptors (Lipinski definition) is 4. The summed E-state index contributed by atoms with van der Waals surface area (Å²) in [5.41, 5.74) is -0.565. The summed E-state index contributed by atoms with van der Waals surface area (Å²) in [5, 5.41) is 20.9. The molecule has 7 heteroatoms. The Bertz CT molecular complexity index is 704. The maximum atomic E-state index is 12.7. The predicted molar refractivity (Wildman–Crippen MR) is 83.0 cm³/mol. The average Bonchev–Trinajstić information content (AvgIpc) is 2.75. The number of nitrogens with zero attached hydrogens (tertiary/aromatic N) is 3. The van der Waals surface area contributed by atoms with Gasteiger partial charge < -0.3 is 5.32 Å². The molecule has 0 aromatic heterocycles. The number of carbonyl (C=O) groups excluding carboxylic acids is 2. The number of imide groups is 1. The fraction of sp³-hybridized carbons (Fsp3) is 0.375. The standard InChI is InChI=1S/C16H15ClN4O2/c1-16(12-4-6-13(17)7-5-12)14(22)21(15(23)20-16)10-11(9-19)3-2-8-18/h4-7,11H,2-3,10H2,1H3,(H,20,23)/t11-,16-/m1/s1. The van der Waals surface area contributed by atoms with Gasteiger partial charge in [0.1, 0.15) is 5.54 Å². The molecule has 1 aliphatic heterocycles. The maximum absolute atomic E-state index is 12.7. The van der Waals surface area contributed by atoms with E-state index < -0.39 is 23.4 Å². The number of nitriles is 2. The molecule has 2 rings (SSSR count). The number of benzene rings is 1. The number of rotatable bonds is 5. The van der Waals surface area contributed by atoms with Gasteiger partial charge in [-0.25, -0.2) is 4.79 Å². The van der Waals surface area contributed by atoms with E-state index in [0.717, 1.165) is 4.90 Å². The molecule has 1 N–H and O–H groups in total. The van der Waals surface area contributed by atoms with Gasteiger partial charge in [0.15, 0.2) is 0 Å². The van der Waals surface area contributed by atoms with Gasteiger partial charge in [0.05, 0.1) is 18.1 Å². The number of nitrogens with one attached hydrogen (secondary N) is 1. The molecular weight excluding hydrogens is 316 g/mol. The van der Waals surface area contributed by atoms with Crippen LogP contribution in [0.25, 0.3) is 0 Å². The Morgan fingerprint density at radius 1 is 1.30 bits per heavy atom. The topological polar surface area (TPSA) is 97.0 Å². The molecular formula is C16H15ClN4O2. The van der Waals surface area contributed by atoms with Gasteiger partial charge in [0.2, 0.25) is 0 Å². The molecule has 3 amide bonds. The quantitative estimate of drug-likeness (QED) is 0.839. The molecule has 0 bridgehead atoms. The van der Waals surface area contributed by atoms with Crippen molar-refractivity contribution in [3.8, 4) is 12.1 Å². The van der Waals surface area contributed by atoms with Gasteiger partial charge in [-0.05, 0) is 31.0 Å². The molecule has 0 aliphatic carbocycles. The molecule has 6 nitrogen and oxygen atoms in total. The largest absolute Gasteiger partial charge is 0.325 e. The Labute approximate surface area is 139 Å². The zero-order chi connectivity index (χ0) is 17.0. The first kappa shape index (κ1) is 16.8. The zero-order valence-corrected chi connectivity index (χ0v) is 13.3. The van der Waals surface area contributed by atoms with E-state index in [1.54, 1.807) is 31.2 Å². The second kappa shape index (κ2) is 6.68. The summed E-state index contributed by atoms with van der Waals surface area (Å²) < 4.78 is 0.